The Morgan fingerprint density at radius 3 is 2.56 bits per heavy atom. The summed E-state index contributed by atoms with van der Waals surface area (Å²) in [6.07, 6.45) is 0. The lowest BCUT2D eigenvalue weighted by molar-refractivity contribution is 0.0157. The van der Waals surface area contributed by atoms with Crippen LogP contribution in [-0.4, -0.2) is 32.1 Å². The normalized spacial score (nSPS) is 20.6. The minimum Gasteiger partial charge on any atom is -0.364 e. The summed E-state index contributed by atoms with van der Waals surface area (Å²) in [5.41, 5.74) is 0.629. The second kappa shape index (κ2) is 4.33. The van der Waals surface area contributed by atoms with Gasteiger partial charge >= 0.3 is 0 Å². The highest BCUT2D eigenvalue weighted by Crippen LogP contribution is 2.22. The van der Waals surface area contributed by atoms with Gasteiger partial charge in [-0.3, -0.25) is 0 Å². The van der Waals surface area contributed by atoms with Crippen LogP contribution in [0.2, 0.25) is 0 Å². The van der Waals surface area contributed by atoms with Crippen molar-refractivity contribution in [3.8, 4) is 0 Å². The largest absolute Gasteiger partial charge is 0.364 e. The Labute approximate surface area is 92.1 Å². The van der Waals surface area contributed by atoms with Crippen molar-refractivity contribution >= 4 is 5.69 Å². The van der Waals surface area contributed by atoms with Gasteiger partial charge in [-0.05, 0) is 24.3 Å². The highest BCUT2D eigenvalue weighted by atomic mass is 19.3. The molecular formula is C11H13F3N2. The minimum absolute atomic E-state index is 0.301. The van der Waals surface area contributed by atoms with E-state index in [1.807, 2.05) is 0 Å². The second-order valence-corrected chi connectivity index (χ2v) is 3.93. The molecule has 2 nitrogen and oxygen atoms in total. The van der Waals surface area contributed by atoms with Crippen molar-refractivity contribution in [3.63, 3.8) is 0 Å². The third kappa shape index (κ3) is 2.66. The quantitative estimate of drug-likeness (QED) is 0.792. The summed E-state index contributed by atoms with van der Waals surface area (Å²) in [6.45, 7) is 0.379. The molecule has 1 aliphatic rings. The van der Waals surface area contributed by atoms with Gasteiger partial charge in [0.15, 0.2) is 0 Å². The third-order valence-corrected chi connectivity index (χ3v) is 2.56. The molecule has 1 fully saturated rings. The van der Waals surface area contributed by atoms with Gasteiger partial charge in [-0.25, -0.2) is 13.2 Å². The van der Waals surface area contributed by atoms with Crippen molar-refractivity contribution in [2.24, 2.45) is 0 Å². The van der Waals surface area contributed by atoms with Crippen molar-refractivity contribution in [1.29, 1.82) is 0 Å². The van der Waals surface area contributed by atoms with E-state index in [9.17, 15) is 13.2 Å². The highest BCUT2D eigenvalue weighted by molar-refractivity contribution is 5.46. The molecule has 1 aromatic carbocycles. The average molecular weight is 230 g/mol. The fraction of sp³-hybridized carbons (Fsp3) is 0.455. The van der Waals surface area contributed by atoms with Crippen molar-refractivity contribution in [3.05, 3.63) is 30.1 Å². The van der Waals surface area contributed by atoms with Crippen molar-refractivity contribution in [1.82, 2.24) is 5.32 Å². The van der Waals surface area contributed by atoms with Crippen LogP contribution in [0.5, 0.6) is 0 Å². The van der Waals surface area contributed by atoms with E-state index in [1.54, 1.807) is 4.90 Å². The highest BCUT2D eigenvalue weighted by Gasteiger charge is 2.33. The molecule has 1 aliphatic heterocycles. The van der Waals surface area contributed by atoms with E-state index in [0.717, 1.165) is 0 Å². The van der Waals surface area contributed by atoms with Crippen molar-refractivity contribution in [2.45, 2.75) is 5.92 Å². The van der Waals surface area contributed by atoms with E-state index in [2.05, 4.69) is 5.32 Å². The first-order valence-corrected chi connectivity index (χ1v) is 5.16. The van der Waals surface area contributed by atoms with Gasteiger partial charge in [-0.1, -0.05) is 0 Å². The maximum absolute atomic E-state index is 13.3. The molecule has 0 atom stereocenters. The molecule has 2 rings (SSSR count). The van der Waals surface area contributed by atoms with E-state index < -0.39 is 5.92 Å². The number of nitrogens with one attached hydrogen (secondary N) is 1. The predicted molar refractivity (Wildman–Crippen MR) is 56.4 cm³/mol. The standard InChI is InChI=1S/C11H13F3N2/c12-9-1-3-10(4-2-9)16-6-5-15-7-11(13,14)8-16/h1-4,15H,5-8H2. The van der Waals surface area contributed by atoms with Gasteiger partial charge in [0.1, 0.15) is 5.82 Å². The van der Waals surface area contributed by atoms with Crippen molar-refractivity contribution in [2.75, 3.05) is 31.1 Å². The Balaban J connectivity index is 2.16. The van der Waals surface area contributed by atoms with Crippen LogP contribution in [0.25, 0.3) is 0 Å². The van der Waals surface area contributed by atoms with Crippen LogP contribution >= 0.6 is 0 Å². The molecule has 0 radical (unpaired) electrons. The van der Waals surface area contributed by atoms with Gasteiger partial charge < -0.3 is 10.2 Å². The number of hydrogen-bond acceptors (Lipinski definition) is 2. The molecule has 16 heavy (non-hydrogen) atoms. The van der Waals surface area contributed by atoms with Gasteiger partial charge in [0.05, 0.1) is 13.1 Å². The topological polar surface area (TPSA) is 15.3 Å². The second-order valence-electron chi connectivity index (χ2n) is 3.93. The number of halogens is 3. The SMILES string of the molecule is Fc1ccc(N2CCNCC(F)(F)C2)cc1. The molecule has 0 bridgehead atoms. The summed E-state index contributed by atoms with van der Waals surface area (Å²) >= 11 is 0. The van der Waals surface area contributed by atoms with Crippen LogP contribution in [0.4, 0.5) is 18.9 Å². The molecule has 0 amide bonds. The number of nitrogens with zero attached hydrogens (tertiary/aromatic N) is 1. The Morgan fingerprint density at radius 1 is 1.19 bits per heavy atom. The number of rotatable bonds is 1. The summed E-state index contributed by atoms with van der Waals surface area (Å²) in [5, 5.41) is 2.68. The lowest BCUT2D eigenvalue weighted by Gasteiger charge is -2.25. The first kappa shape index (κ1) is 11.3. The number of benzene rings is 1. The molecule has 0 unspecified atom stereocenters. The molecule has 1 saturated heterocycles. The molecule has 88 valence electrons. The lowest BCUT2D eigenvalue weighted by atomic mass is 10.2. The molecule has 1 N–H and O–H groups in total. The van der Waals surface area contributed by atoms with Crippen LogP contribution in [0, 0.1) is 5.82 Å². The average Bonchev–Trinajstić information content (AvgIpc) is 2.40. The van der Waals surface area contributed by atoms with E-state index in [0.29, 0.717) is 18.8 Å². The predicted octanol–water partition coefficient (Wildman–Crippen LogP) is 1.87. The Morgan fingerprint density at radius 2 is 1.88 bits per heavy atom. The van der Waals surface area contributed by atoms with Crippen molar-refractivity contribution < 1.29 is 13.2 Å². The van der Waals surface area contributed by atoms with E-state index in [1.165, 1.54) is 24.3 Å². The minimum atomic E-state index is -2.75. The monoisotopic (exact) mass is 230 g/mol. The van der Waals surface area contributed by atoms with Crippen LogP contribution in [-0.2, 0) is 0 Å². The van der Waals surface area contributed by atoms with E-state index >= 15 is 0 Å². The maximum atomic E-state index is 13.3. The molecule has 5 heteroatoms. The first-order chi connectivity index (χ1) is 7.57. The number of anilines is 1. The number of alkyl halides is 2. The maximum Gasteiger partial charge on any atom is 0.277 e. The van der Waals surface area contributed by atoms with Gasteiger partial charge in [0, 0.05) is 18.8 Å². The molecule has 0 saturated carbocycles. The van der Waals surface area contributed by atoms with Gasteiger partial charge in [0.2, 0.25) is 0 Å². The smallest absolute Gasteiger partial charge is 0.277 e. The molecule has 1 heterocycles. The summed E-state index contributed by atoms with van der Waals surface area (Å²) in [7, 11) is 0. The molecule has 1 aromatic rings. The van der Waals surface area contributed by atoms with E-state index in [4.69, 9.17) is 0 Å². The third-order valence-electron chi connectivity index (χ3n) is 2.56. The molecular weight excluding hydrogens is 217 g/mol. The molecule has 0 spiro atoms. The zero-order chi connectivity index (χ0) is 11.6. The number of hydrogen-bond donors (Lipinski definition) is 1. The Kier molecular flexibility index (Phi) is 3.05. The zero-order valence-corrected chi connectivity index (χ0v) is 8.72. The summed E-state index contributed by atoms with van der Waals surface area (Å²) < 4.78 is 39.3. The zero-order valence-electron chi connectivity index (χ0n) is 8.72. The van der Waals surface area contributed by atoms with Crippen LogP contribution in [0.15, 0.2) is 24.3 Å². The Hall–Kier alpha value is -1.23. The first-order valence-electron chi connectivity index (χ1n) is 5.16. The van der Waals surface area contributed by atoms with E-state index in [-0.39, 0.29) is 18.9 Å². The Bertz CT molecular complexity index is 351. The fourth-order valence-electron chi connectivity index (χ4n) is 1.77. The van der Waals surface area contributed by atoms with Gasteiger partial charge in [-0.2, -0.15) is 0 Å². The summed E-state index contributed by atoms with van der Waals surface area (Å²) in [6, 6.07) is 5.62. The molecule has 0 aromatic heterocycles. The lowest BCUT2D eigenvalue weighted by Crippen LogP contribution is -2.38. The fourth-order valence-corrected chi connectivity index (χ4v) is 1.77. The van der Waals surface area contributed by atoms with Crippen LogP contribution < -0.4 is 10.2 Å². The molecule has 0 aliphatic carbocycles. The van der Waals surface area contributed by atoms with Gasteiger partial charge in [-0.15, -0.1) is 0 Å². The van der Waals surface area contributed by atoms with Gasteiger partial charge in [0.25, 0.3) is 5.92 Å². The van der Waals surface area contributed by atoms with Crippen LogP contribution in [0.1, 0.15) is 0 Å². The van der Waals surface area contributed by atoms with Crippen LogP contribution in [0.3, 0.4) is 0 Å². The summed E-state index contributed by atoms with van der Waals surface area (Å²) in [5.74, 6) is -3.10. The summed E-state index contributed by atoms with van der Waals surface area (Å²) in [4.78, 5) is 1.57.